The number of ether oxygens (including phenoxy) is 1. The first-order valence-electron chi connectivity index (χ1n) is 12.0. The van der Waals surface area contributed by atoms with E-state index in [1.165, 1.54) is 12.1 Å². The number of rotatable bonds is 9. The van der Waals surface area contributed by atoms with Crippen LogP contribution in [-0.4, -0.2) is 63.1 Å². The first kappa shape index (κ1) is 25.2. The molecule has 36 heavy (non-hydrogen) atoms. The molecule has 1 aromatic heterocycles. The Morgan fingerprint density at radius 3 is 2.31 bits per heavy atom. The predicted octanol–water partition coefficient (Wildman–Crippen LogP) is 2.77. The summed E-state index contributed by atoms with van der Waals surface area (Å²) in [6, 6.07) is 17.5. The Bertz CT molecular complexity index is 1110. The van der Waals surface area contributed by atoms with Crippen LogP contribution >= 0.6 is 0 Å². The molecule has 0 spiro atoms. The van der Waals surface area contributed by atoms with Crippen molar-refractivity contribution in [2.75, 3.05) is 51.3 Å². The standard InChI is InChI=1S/C27H31FN4O4/c1-35-23-10-4-20(5-11-23)12-13-29-26(33)27(34)30-19-24(25-3-2-18-36-25)32-16-14-31(15-17-32)22-8-6-21(28)7-9-22/h2-11,18,24H,12-17,19H2,1H3,(H,29,33)(H,30,34)/t24-/m0/s1. The number of methoxy groups -OCH3 is 1. The normalized spacial score (nSPS) is 14.8. The van der Waals surface area contributed by atoms with Crippen molar-refractivity contribution >= 4 is 17.5 Å². The molecule has 1 atom stereocenters. The lowest BCUT2D eigenvalue weighted by Crippen LogP contribution is -2.50. The number of carbonyl (C=O) groups excluding carboxylic acids is 2. The number of piperazine rings is 1. The number of benzene rings is 2. The van der Waals surface area contributed by atoms with E-state index in [4.69, 9.17) is 9.15 Å². The van der Waals surface area contributed by atoms with E-state index < -0.39 is 11.8 Å². The first-order chi connectivity index (χ1) is 17.5. The Labute approximate surface area is 210 Å². The van der Waals surface area contributed by atoms with E-state index in [2.05, 4.69) is 20.4 Å². The first-order valence-corrected chi connectivity index (χ1v) is 12.0. The molecule has 2 heterocycles. The topological polar surface area (TPSA) is 87.0 Å². The minimum Gasteiger partial charge on any atom is -0.497 e. The number of anilines is 1. The van der Waals surface area contributed by atoms with Crippen LogP contribution in [0.15, 0.2) is 71.3 Å². The third-order valence-corrected chi connectivity index (χ3v) is 6.34. The highest BCUT2D eigenvalue weighted by Gasteiger charge is 2.28. The fourth-order valence-corrected chi connectivity index (χ4v) is 4.30. The lowest BCUT2D eigenvalue weighted by atomic mass is 10.1. The van der Waals surface area contributed by atoms with E-state index in [9.17, 15) is 14.0 Å². The van der Waals surface area contributed by atoms with E-state index in [1.807, 2.05) is 36.4 Å². The minimum absolute atomic E-state index is 0.202. The molecule has 1 fully saturated rings. The van der Waals surface area contributed by atoms with E-state index in [0.717, 1.165) is 48.9 Å². The van der Waals surface area contributed by atoms with Gasteiger partial charge in [0.15, 0.2) is 0 Å². The molecule has 1 saturated heterocycles. The maximum atomic E-state index is 13.3. The van der Waals surface area contributed by atoms with Crippen LogP contribution in [0.4, 0.5) is 10.1 Å². The van der Waals surface area contributed by atoms with E-state index in [1.54, 1.807) is 25.5 Å². The molecule has 2 amide bonds. The quantitative estimate of drug-likeness (QED) is 0.445. The monoisotopic (exact) mass is 494 g/mol. The van der Waals surface area contributed by atoms with Gasteiger partial charge in [-0.3, -0.25) is 14.5 Å². The summed E-state index contributed by atoms with van der Waals surface area (Å²) in [5, 5.41) is 5.43. The van der Waals surface area contributed by atoms with Crippen LogP contribution in [0.5, 0.6) is 5.75 Å². The fourth-order valence-electron chi connectivity index (χ4n) is 4.30. The summed E-state index contributed by atoms with van der Waals surface area (Å²) in [6.45, 7) is 3.56. The number of furan rings is 1. The van der Waals surface area contributed by atoms with Crippen LogP contribution in [0.3, 0.4) is 0 Å². The minimum atomic E-state index is -0.675. The van der Waals surface area contributed by atoms with Gasteiger partial charge in [-0.1, -0.05) is 12.1 Å². The second-order valence-corrected chi connectivity index (χ2v) is 8.59. The van der Waals surface area contributed by atoms with Crippen LogP contribution in [0.1, 0.15) is 17.4 Å². The molecule has 4 rings (SSSR count). The second-order valence-electron chi connectivity index (χ2n) is 8.59. The molecule has 1 aliphatic rings. The summed E-state index contributed by atoms with van der Waals surface area (Å²) < 4.78 is 24.0. The van der Waals surface area contributed by atoms with Crippen molar-refractivity contribution in [3.8, 4) is 5.75 Å². The van der Waals surface area contributed by atoms with Crippen molar-refractivity contribution in [3.05, 3.63) is 84.1 Å². The Hall–Kier alpha value is -3.85. The molecule has 0 aliphatic carbocycles. The van der Waals surface area contributed by atoms with Crippen LogP contribution in [0.2, 0.25) is 0 Å². The van der Waals surface area contributed by atoms with Crippen molar-refractivity contribution in [2.24, 2.45) is 0 Å². The third kappa shape index (κ3) is 6.63. The maximum absolute atomic E-state index is 13.3. The molecule has 3 aromatic rings. The lowest BCUT2D eigenvalue weighted by Gasteiger charge is -2.39. The van der Waals surface area contributed by atoms with Gasteiger partial charge in [0.05, 0.1) is 19.4 Å². The predicted molar refractivity (Wildman–Crippen MR) is 134 cm³/mol. The summed E-state index contributed by atoms with van der Waals surface area (Å²) in [4.78, 5) is 29.2. The molecule has 8 nitrogen and oxygen atoms in total. The van der Waals surface area contributed by atoms with Crippen molar-refractivity contribution in [2.45, 2.75) is 12.5 Å². The molecular formula is C27H31FN4O4. The number of amides is 2. The smallest absolute Gasteiger partial charge is 0.309 e. The molecule has 0 unspecified atom stereocenters. The lowest BCUT2D eigenvalue weighted by molar-refractivity contribution is -0.139. The molecule has 0 bridgehead atoms. The summed E-state index contributed by atoms with van der Waals surface area (Å²) >= 11 is 0. The van der Waals surface area contributed by atoms with Gasteiger partial charge in [0, 0.05) is 45.0 Å². The average molecular weight is 495 g/mol. The summed E-state index contributed by atoms with van der Waals surface area (Å²) in [7, 11) is 1.61. The number of hydrogen-bond acceptors (Lipinski definition) is 6. The van der Waals surface area contributed by atoms with Gasteiger partial charge in [-0.05, 0) is 60.5 Å². The number of nitrogens with one attached hydrogen (secondary N) is 2. The molecule has 0 saturated carbocycles. The molecule has 190 valence electrons. The van der Waals surface area contributed by atoms with Gasteiger partial charge in [0.2, 0.25) is 0 Å². The Morgan fingerprint density at radius 1 is 0.972 bits per heavy atom. The van der Waals surface area contributed by atoms with Gasteiger partial charge < -0.3 is 24.7 Å². The summed E-state index contributed by atoms with van der Waals surface area (Å²) in [6.07, 6.45) is 2.21. The highest BCUT2D eigenvalue weighted by atomic mass is 19.1. The Balaban J connectivity index is 1.26. The fraction of sp³-hybridized carbons (Fsp3) is 0.333. The average Bonchev–Trinajstić information content (AvgIpc) is 3.44. The van der Waals surface area contributed by atoms with Gasteiger partial charge in [-0.2, -0.15) is 0 Å². The van der Waals surface area contributed by atoms with Gasteiger partial charge in [-0.15, -0.1) is 0 Å². The zero-order valence-corrected chi connectivity index (χ0v) is 20.3. The van der Waals surface area contributed by atoms with Crippen molar-refractivity contribution < 1.29 is 23.1 Å². The maximum Gasteiger partial charge on any atom is 0.309 e. The van der Waals surface area contributed by atoms with Crippen LogP contribution in [-0.2, 0) is 16.0 Å². The number of hydrogen-bond donors (Lipinski definition) is 2. The van der Waals surface area contributed by atoms with E-state index >= 15 is 0 Å². The number of halogens is 1. The molecule has 9 heteroatoms. The van der Waals surface area contributed by atoms with Crippen LogP contribution in [0, 0.1) is 5.82 Å². The van der Waals surface area contributed by atoms with Crippen molar-refractivity contribution in [1.29, 1.82) is 0 Å². The van der Waals surface area contributed by atoms with Crippen molar-refractivity contribution in [1.82, 2.24) is 15.5 Å². The zero-order chi connectivity index (χ0) is 25.3. The highest BCUT2D eigenvalue weighted by Crippen LogP contribution is 2.24. The molecule has 1 aliphatic heterocycles. The van der Waals surface area contributed by atoms with Crippen LogP contribution in [0.25, 0.3) is 0 Å². The summed E-state index contributed by atoms with van der Waals surface area (Å²) in [5.41, 5.74) is 2.01. The molecule has 2 aromatic carbocycles. The van der Waals surface area contributed by atoms with Gasteiger partial charge in [0.25, 0.3) is 0 Å². The van der Waals surface area contributed by atoms with Gasteiger partial charge in [-0.25, -0.2) is 4.39 Å². The Morgan fingerprint density at radius 2 is 1.67 bits per heavy atom. The summed E-state index contributed by atoms with van der Waals surface area (Å²) in [5.74, 6) is -0.0968. The largest absolute Gasteiger partial charge is 0.497 e. The zero-order valence-electron chi connectivity index (χ0n) is 20.3. The number of carbonyl (C=O) groups is 2. The molecule has 2 N–H and O–H groups in total. The molecule has 0 radical (unpaired) electrons. The van der Waals surface area contributed by atoms with Crippen molar-refractivity contribution in [3.63, 3.8) is 0 Å². The number of nitrogens with zero attached hydrogens (tertiary/aromatic N) is 2. The van der Waals surface area contributed by atoms with Crippen LogP contribution < -0.4 is 20.3 Å². The third-order valence-electron chi connectivity index (χ3n) is 6.34. The van der Waals surface area contributed by atoms with Gasteiger partial charge >= 0.3 is 11.8 Å². The van der Waals surface area contributed by atoms with Gasteiger partial charge in [0.1, 0.15) is 17.3 Å². The van der Waals surface area contributed by atoms with E-state index in [-0.39, 0.29) is 18.4 Å². The second kappa shape index (κ2) is 12.2. The Kier molecular flexibility index (Phi) is 8.57. The SMILES string of the molecule is COc1ccc(CCNC(=O)C(=O)NC[C@@H](c2ccco2)N2CCN(c3ccc(F)cc3)CC2)cc1. The van der Waals surface area contributed by atoms with E-state index in [0.29, 0.717) is 13.0 Å². The highest BCUT2D eigenvalue weighted by molar-refractivity contribution is 6.35. The molecular weight excluding hydrogens is 463 g/mol.